The summed E-state index contributed by atoms with van der Waals surface area (Å²) in [5, 5.41) is 2.73. The Morgan fingerprint density at radius 1 is 1.26 bits per heavy atom. The summed E-state index contributed by atoms with van der Waals surface area (Å²) in [4.78, 5) is 26.3. The first-order valence-corrected chi connectivity index (χ1v) is 9.01. The van der Waals surface area contributed by atoms with Gasteiger partial charge in [-0.25, -0.2) is 0 Å². The molecule has 5 nitrogen and oxygen atoms in total. The fraction of sp³-hybridized carbons (Fsp3) is 0.579. The number of benzene rings is 1. The molecule has 2 rings (SSSR count). The first kappa shape index (κ1) is 21.1. The molecule has 0 aromatic heterocycles. The van der Waals surface area contributed by atoms with Crippen LogP contribution in [0, 0.1) is 5.92 Å². The number of ether oxygens (including phenoxy) is 1. The molecule has 0 bridgehead atoms. The summed E-state index contributed by atoms with van der Waals surface area (Å²) >= 11 is 0. The van der Waals surface area contributed by atoms with Crippen molar-refractivity contribution in [2.75, 3.05) is 13.2 Å². The molecule has 0 spiro atoms. The minimum atomic E-state index is -4.51. The van der Waals surface area contributed by atoms with Crippen molar-refractivity contribution in [2.24, 2.45) is 5.92 Å². The van der Waals surface area contributed by atoms with Crippen molar-refractivity contribution < 1.29 is 27.5 Å². The summed E-state index contributed by atoms with van der Waals surface area (Å²) in [6.45, 7) is 5.65. The van der Waals surface area contributed by atoms with Gasteiger partial charge in [0.05, 0.1) is 11.6 Å². The average molecular weight is 386 g/mol. The molecule has 2 amide bonds. The zero-order chi connectivity index (χ0) is 20.2. The number of nitrogens with zero attached hydrogens (tertiary/aromatic N) is 1. The van der Waals surface area contributed by atoms with Crippen LogP contribution < -0.4 is 10.1 Å². The number of carbonyl (C=O) groups is 2. The molecule has 0 radical (unpaired) electrons. The number of alkyl halides is 3. The predicted octanol–water partition coefficient (Wildman–Crippen LogP) is 3.24. The second-order valence-corrected chi connectivity index (χ2v) is 7.06. The van der Waals surface area contributed by atoms with Crippen LogP contribution in [0.2, 0.25) is 0 Å². The monoisotopic (exact) mass is 386 g/mol. The molecule has 2 atom stereocenters. The van der Waals surface area contributed by atoms with Crippen molar-refractivity contribution in [3.63, 3.8) is 0 Å². The van der Waals surface area contributed by atoms with E-state index in [2.05, 4.69) is 5.32 Å². The molecular weight excluding hydrogens is 361 g/mol. The number of halogens is 3. The van der Waals surface area contributed by atoms with E-state index in [4.69, 9.17) is 4.74 Å². The van der Waals surface area contributed by atoms with E-state index < -0.39 is 23.8 Å². The van der Waals surface area contributed by atoms with Crippen molar-refractivity contribution in [3.05, 3.63) is 29.8 Å². The van der Waals surface area contributed by atoms with Crippen LogP contribution in [0.1, 0.15) is 39.2 Å². The summed E-state index contributed by atoms with van der Waals surface area (Å²) in [7, 11) is 0. The molecule has 1 N–H and O–H groups in total. The molecule has 27 heavy (non-hydrogen) atoms. The van der Waals surface area contributed by atoms with Gasteiger partial charge in [-0.15, -0.1) is 0 Å². The van der Waals surface area contributed by atoms with E-state index >= 15 is 0 Å². The summed E-state index contributed by atoms with van der Waals surface area (Å²) < 4.78 is 44.2. The number of para-hydroxylation sites is 1. The largest absolute Gasteiger partial charge is 0.491 e. The zero-order valence-corrected chi connectivity index (χ0v) is 15.7. The van der Waals surface area contributed by atoms with Gasteiger partial charge in [-0.3, -0.25) is 9.59 Å². The number of amides is 2. The van der Waals surface area contributed by atoms with E-state index in [0.29, 0.717) is 13.0 Å². The van der Waals surface area contributed by atoms with Crippen LogP contribution in [0.15, 0.2) is 24.3 Å². The van der Waals surface area contributed by atoms with Crippen LogP contribution in [0.4, 0.5) is 13.2 Å². The van der Waals surface area contributed by atoms with Gasteiger partial charge in [-0.2, -0.15) is 13.2 Å². The van der Waals surface area contributed by atoms with Gasteiger partial charge in [0.15, 0.2) is 0 Å². The van der Waals surface area contributed by atoms with E-state index in [0.717, 1.165) is 12.5 Å². The number of likely N-dealkylation sites (tertiary alicyclic amines) is 1. The van der Waals surface area contributed by atoms with Crippen molar-refractivity contribution in [2.45, 2.75) is 51.9 Å². The third-order valence-electron chi connectivity index (χ3n) is 4.40. The Labute approximate surface area is 156 Å². The second-order valence-electron chi connectivity index (χ2n) is 7.06. The Morgan fingerprint density at radius 3 is 2.56 bits per heavy atom. The molecule has 1 heterocycles. The molecule has 0 saturated carbocycles. The van der Waals surface area contributed by atoms with E-state index in [1.807, 2.05) is 0 Å². The molecule has 1 aromatic carbocycles. The number of rotatable bonds is 6. The number of hydrogen-bond acceptors (Lipinski definition) is 3. The predicted molar refractivity (Wildman–Crippen MR) is 94.1 cm³/mol. The van der Waals surface area contributed by atoms with Gasteiger partial charge in [-0.05, 0) is 31.9 Å². The van der Waals surface area contributed by atoms with Crippen LogP contribution in [-0.4, -0.2) is 41.9 Å². The molecular formula is C19H25F3N2O3. The molecule has 1 saturated heterocycles. The molecule has 1 aliphatic rings. The Kier molecular flexibility index (Phi) is 6.73. The average Bonchev–Trinajstić information content (AvgIpc) is 3.08. The number of hydrogen-bond donors (Lipinski definition) is 1. The van der Waals surface area contributed by atoms with Crippen LogP contribution in [0.3, 0.4) is 0 Å². The Morgan fingerprint density at radius 2 is 1.93 bits per heavy atom. The molecule has 1 fully saturated rings. The highest BCUT2D eigenvalue weighted by Gasteiger charge is 2.36. The Hall–Kier alpha value is -2.25. The highest BCUT2D eigenvalue weighted by molar-refractivity contribution is 5.89. The van der Waals surface area contributed by atoms with E-state index in [1.165, 1.54) is 18.2 Å². The Balaban J connectivity index is 1.94. The van der Waals surface area contributed by atoms with Crippen LogP contribution >= 0.6 is 0 Å². The van der Waals surface area contributed by atoms with Gasteiger partial charge in [0.2, 0.25) is 11.8 Å². The maximum absolute atomic E-state index is 13.0. The lowest BCUT2D eigenvalue weighted by Gasteiger charge is -2.27. The second kappa shape index (κ2) is 8.63. The lowest BCUT2D eigenvalue weighted by Crippen LogP contribution is -2.50. The van der Waals surface area contributed by atoms with Gasteiger partial charge in [0, 0.05) is 12.5 Å². The van der Waals surface area contributed by atoms with Crippen molar-refractivity contribution >= 4 is 11.8 Å². The summed E-state index contributed by atoms with van der Waals surface area (Å²) in [6, 6.07) is 3.91. The van der Waals surface area contributed by atoms with Crippen molar-refractivity contribution in [1.29, 1.82) is 0 Å². The van der Waals surface area contributed by atoms with Crippen molar-refractivity contribution in [3.8, 4) is 5.75 Å². The molecule has 1 aromatic rings. The lowest BCUT2D eigenvalue weighted by atomic mass is 10.1. The first-order valence-electron chi connectivity index (χ1n) is 9.01. The standard InChI is InChI=1S/C19H25F3N2O3/c1-12(2)18(26)24-10-6-8-15(24)17(25)23-13(3)11-27-16-9-5-4-7-14(16)19(20,21)22/h4-5,7,9,12-13,15H,6,8,10-11H2,1-3H3,(H,23,25). The fourth-order valence-corrected chi connectivity index (χ4v) is 3.06. The minimum absolute atomic E-state index is 0.0735. The molecule has 2 unspecified atom stereocenters. The van der Waals surface area contributed by atoms with Crippen molar-refractivity contribution in [1.82, 2.24) is 10.2 Å². The highest BCUT2D eigenvalue weighted by atomic mass is 19.4. The maximum atomic E-state index is 13.0. The molecule has 1 aliphatic heterocycles. The zero-order valence-electron chi connectivity index (χ0n) is 15.7. The van der Waals surface area contributed by atoms with Gasteiger partial charge < -0.3 is 15.0 Å². The fourth-order valence-electron chi connectivity index (χ4n) is 3.06. The topological polar surface area (TPSA) is 58.6 Å². The van der Waals surface area contributed by atoms with Gasteiger partial charge >= 0.3 is 6.18 Å². The van der Waals surface area contributed by atoms with Gasteiger partial charge in [0.25, 0.3) is 0 Å². The van der Waals surface area contributed by atoms with Crippen LogP contribution in [0.25, 0.3) is 0 Å². The molecule has 0 aliphatic carbocycles. The number of carbonyl (C=O) groups excluding carboxylic acids is 2. The lowest BCUT2D eigenvalue weighted by molar-refractivity contribution is -0.141. The van der Waals surface area contributed by atoms with E-state index in [-0.39, 0.29) is 30.1 Å². The SMILES string of the molecule is CC(COc1ccccc1C(F)(F)F)NC(=O)C1CCCN1C(=O)C(C)C. The van der Waals surface area contributed by atoms with E-state index in [9.17, 15) is 22.8 Å². The third-order valence-corrected chi connectivity index (χ3v) is 4.40. The minimum Gasteiger partial charge on any atom is -0.491 e. The molecule has 150 valence electrons. The van der Waals surface area contributed by atoms with Gasteiger partial charge in [-0.1, -0.05) is 26.0 Å². The molecule has 8 heteroatoms. The van der Waals surface area contributed by atoms with Gasteiger partial charge in [0.1, 0.15) is 18.4 Å². The highest BCUT2D eigenvalue weighted by Crippen LogP contribution is 2.35. The van der Waals surface area contributed by atoms with E-state index in [1.54, 1.807) is 25.7 Å². The number of nitrogens with one attached hydrogen (secondary N) is 1. The normalized spacial score (nSPS) is 18.5. The first-order chi connectivity index (χ1) is 12.6. The smallest absolute Gasteiger partial charge is 0.419 e. The van der Waals surface area contributed by atoms with Crippen LogP contribution in [0.5, 0.6) is 5.75 Å². The van der Waals surface area contributed by atoms with Crippen LogP contribution in [-0.2, 0) is 15.8 Å². The summed E-state index contributed by atoms with van der Waals surface area (Å²) in [5.41, 5.74) is -0.854. The maximum Gasteiger partial charge on any atom is 0.419 e. The summed E-state index contributed by atoms with van der Waals surface area (Å²) in [5.74, 6) is -0.848. The quantitative estimate of drug-likeness (QED) is 0.817. The Bertz CT molecular complexity index is 676. The third kappa shape index (κ3) is 5.37. The summed E-state index contributed by atoms with van der Waals surface area (Å²) in [6.07, 6.45) is -3.18.